The van der Waals surface area contributed by atoms with Gasteiger partial charge >= 0.3 is 0 Å². The van der Waals surface area contributed by atoms with Crippen LogP contribution >= 0.6 is 12.2 Å². The molecule has 21 heavy (non-hydrogen) atoms. The topological polar surface area (TPSA) is 71.6 Å². The first-order valence-corrected chi connectivity index (χ1v) is 6.83. The highest BCUT2D eigenvalue weighted by atomic mass is 32.1. The second-order valence-electron chi connectivity index (χ2n) is 4.62. The molecular weight excluding hydrogens is 290 g/mol. The van der Waals surface area contributed by atoms with Crippen molar-refractivity contribution in [3.8, 4) is 11.5 Å². The van der Waals surface area contributed by atoms with Crippen molar-refractivity contribution >= 4 is 23.2 Å². The molecular formula is C14H17N3O3S. The van der Waals surface area contributed by atoms with E-state index in [4.69, 9.17) is 21.7 Å². The number of ether oxygens (including phenoxy) is 2. The number of hydrazine groups is 1. The van der Waals surface area contributed by atoms with Gasteiger partial charge in [-0.1, -0.05) is 24.3 Å². The number of fused-ring (bicyclic) bond motifs is 1. The molecule has 6 nitrogen and oxygen atoms in total. The Morgan fingerprint density at radius 1 is 1.38 bits per heavy atom. The Morgan fingerprint density at radius 2 is 2.10 bits per heavy atom. The van der Waals surface area contributed by atoms with E-state index in [0.717, 1.165) is 5.57 Å². The molecule has 1 aliphatic heterocycles. The molecule has 2 rings (SSSR count). The van der Waals surface area contributed by atoms with E-state index in [1.54, 1.807) is 12.1 Å². The van der Waals surface area contributed by atoms with Crippen LogP contribution in [-0.4, -0.2) is 30.3 Å². The van der Waals surface area contributed by atoms with Crippen molar-refractivity contribution in [2.24, 2.45) is 0 Å². The van der Waals surface area contributed by atoms with Crippen LogP contribution in [0.1, 0.15) is 6.92 Å². The Kier molecular flexibility index (Phi) is 4.99. The zero-order valence-electron chi connectivity index (χ0n) is 11.6. The Hall–Kier alpha value is -2.28. The fraction of sp³-hybridized carbons (Fsp3) is 0.286. The van der Waals surface area contributed by atoms with Crippen molar-refractivity contribution in [3.63, 3.8) is 0 Å². The minimum absolute atomic E-state index is 0.149. The van der Waals surface area contributed by atoms with Crippen LogP contribution in [0.3, 0.4) is 0 Å². The van der Waals surface area contributed by atoms with Gasteiger partial charge in [0.05, 0.1) is 0 Å². The molecule has 1 aliphatic rings. The van der Waals surface area contributed by atoms with Crippen LogP contribution in [-0.2, 0) is 4.79 Å². The van der Waals surface area contributed by atoms with Gasteiger partial charge in [-0.05, 0) is 31.3 Å². The van der Waals surface area contributed by atoms with E-state index in [2.05, 4.69) is 22.7 Å². The lowest BCUT2D eigenvalue weighted by Crippen LogP contribution is -2.53. The largest absolute Gasteiger partial charge is 0.485 e. The van der Waals surface area contributed by atoms with Gasteiger partial charge in [0.1, 0.15) is 6.61 Å². The summed E-state index contributed by atoms with van der Waals surface area (Å²) in [5, 5.41) is 3.20. The van der Waals surface area contributed by atoms with Gasteiger partial charge in [-0.15, -0.1) is 0 Å². The number of nitrogens with one attached hydrogen (secondary N) is 3. The predicted molar refractivity (Wildman–Crippen MR) is 83.0 cm³/mol. The molecule has 0 bridgehead atoms. The maximum absolute atomic E-state index is 12.0. The number of hydrogen-bond acceptors (Lipinski definition) is 4. The van der Waals surface area contributed by atoms with Gasteiger partial charge in [-0.25, -0.2) is 0 Å². The highest BCUT2D eigenvalue weighted by Crippen LogP contribution is 2.30. The molecule has 0 aliphatic carbocycles. The minimum atomic E-state index is -0.726. The van der Waals surface area contributed by atoms with E-state index in [0.29, 0.717) is 23.2 Å². The summed E-state index contributed by atoms with van der Waals surface area (Å²) < 4.78 is 11.0. The number of thiocarbonyl (C=S) groups is 1. The molecule has 1 aromatic rings. The van der Waals surface area contributed by atoms with Gasteiger partial charge in [0.15, 0.2) is 16.6 Å². The van der Waals surface area contributed by atoms with Crippen molar-refractivity contribution in [2.75, 3.05) is 13.2 Å². The molecule has 0 saturated heterocycles. The summed E-state index contributed by atoms with van der Waals surface area (Å²) in [6.07, 6.45) is -0.726. The summed E-state index contributed by atoms with van der Waals surface area (Å²) in [5.41, 5.74) is 6.02. The molecule has 112 valence electrons. The SMILES string of the molecule is C=C(C)CNC(=S)NNC(=O)[C@H]1COc2ccccc2O1. The monoisotopic (exact) mass is 307 g/mol. The summed E-state index contributed by atoms with van der Waals surface area (Å²) in [6.45, 7) is 6.31. The Balaban J connectivity index is 1.80. The molecule has 0 aromatic heterocycles. The Labute approximate surface area is 128 Å². The van der Waals surface area contributed by atoms with Gasteiger partial charge in [0.25, 0.3) is 5.91 Å². The van der Waals surface area contributed by atoms with E-state index in [1.807, 2.05) is 19.1 Å². The van der Waals surface area contributed by atoms with Crippen LogP contribution in [0.15, 0.2) is 36.4 Å². The molecule has 1 atom stereocenters. The van der Waals surface area contributed by atoms with Crippen molar-refractivity contribution in [1.82, 2.24) is 16.2 Å². The summed E-state index contributed by atoms with van der Waals surface area (Å²) in [7, 11) is 0. The molecule has 0 saturated carbocycles. The molecule has 0 unspecified atom stereocenters. The lowest BCUT2D eigenvalue weighted by Gasteiger charge is -2.25. The minimum Gasteiger partial charge on any atom is -0.485 e. The number of para-hydroxylation sites is 2. The highest BCUT2D eigenvalue weighted by molar-refractivity contribution is 7.80. The number of hydrogen-bond donors (Lipinski definition) is 3. The molecule has 0 fully saturated rings. The Bertz CT molecular complexity index is 562. The number of rotatable bonds is 3. The third kappa shape index (κ3) is 4.35. The van der Waals surface area contributed by atoms with Gasteiger partial charge < -0.3 is 14.8 Å². The van der Waals surface area contributed by atoms with Gasteiger partial charge in [-0.2, -0.15) is 0 Å². The quantitative estimate of drug-likeness (QED) is 0.438. The lowest BCUT2D eigenvalue weighted by molar-refractivity contribution is -0.130. The number of carbonyl (C=O) groups excluding carboxylic acids is 1. The maximum atomic E-state index is 12.0. The third-order valence-electron chi connectivity index (χ3n) is 2.65. The molecule has 1 amide bonds. The average molecular weight is 307 g/mol. The molecule has 3 N–H and O–H groups in total. The fourth-order valence-electron chi connectivity index (χ4n) is 1.62. The third-order valence-corrected chi connectivity index (χ3v) is 2.90. The lowest BCUT2D eigenvalue weighted by atomic mass is 10.2. The summed E-state index contributed by atoms with van der Waals surface area (Å²) in [6, 6.07) is 7.20. The average Bonchev–Trinajstić information content (AvgIpc) is 2.50. The normalized spacial score (nSPS) is 15.8. The van der Waals surface area contributed by atoms with Crippen LogP contribution in [0.25, 0.3) is 0 Å². The molecule has 7 heteroatoms. The summed E-state index contributed by atoms with van der Waals surface area (Å²) >= 11 is 5.01. The van der Waals surface area contributed by atoms with Gasteiger partial charge in [-0.3, -0.25) is 15.6 Å². The standard InChI is InChI=1S/C14H17N3O3S/c1-9(2)7-15-14(21)17-16-13(18)12-8-19-10-5-3-4-6-11(10)20-12/h3-6,12H,1,7-8H2,2H3,(H,16,18)(H2,15,17,21)/t12-/m1/s1. The van der Waals surface area contributed by atoms with Crippen LogP contribution in [0.4, 0.5) is 0 Å². The Morgan fingerprint density at radius 3 is 2.81 bits per heavy atom. The summed E-state index contributed by atoms with van der Waals surface area (Å²) in [5.74, 6) is 0.823. The summed E-state index contributed by atoms with van der Waals surface area (Å²) in [4.78, 5) is 12.0. The van der Waals surface area contributed by atoms with Gasteiger partial charge in [0.2, 0.25) is 6.10 Å². The first kappa shape index (κ1) is 15.1. The second kappa shape index (κ2) is 6.94. The smallest absolute Gasteiger partial charge is 0.283 e. The van der Waals surface area contributed by atoms with E-state index < -0.39 is 6.10 Å². The van der Waals surface area contributed by atoms with E-state index in [-0.39, 0.29) is 12.5 Å². The highest BCUT2D eigenvalue weighted by Gasteiger charge is 2.27. The maximum Gasteiger partial charge on any atom is 0.283 e. The van der Waals surface area contributed by atoms with Crippen molar-refractivity contribution in [2.45, 2.75) is 13.0 Å². The van der Waals surface area contributed by atoms with Crippen molar-refractivity contribution < 1.29 is 14.3 Å². The van der Waals surface area contributed by atoms with Crippen LogP contribution < -0.4 is 25.6 Å². The number of benzene rings is 1. The first-order valence-electron chi connectivity index (χ1n) is 6.43. The van der Waals surface area contributed by atoms with E-state index >= 15 is 0 Å². The predicted octanol–water partition coefficient (Wildman–Crippen LogP) is 0.898. The number of carbonyl (C=O) groups is 1. The molecule has 1 heterocycles. The van der Waals surface area contributed by atoms with Gasteiger partial charge in [0, 0.05) is 6.54 Å². The van der Waals surface area contributed by atoms with E-state index in [9.17, 15) is 4.79 Å². The zero-order chi connectivity index (χ0) is 15.2. The van der Waals surface area contributed by atoms with Crippen LogP contribution in [0.2, 0.25) is 0 Å². The molecule has 0 radical (unpaired) electrons. The first-order chi connectivity index (χ1) is 10.1. The molecule has 0 spiro atoms. The second-order valence-corrected chi connectivity index (χ2v) is 5.03. The van der Waals surface area contributed by atoms with Crippen molar-refractivity contribution in [1.29, 1.82) is 0 Å². The van der Waals surface area contributed by atoms with E-state index in [1.165, 1.54) is 0 Å². The zero-order valence-corrected chi connectivity index (χ0v) is 12.5. The molecule has 1 aromatic carbocycles. The van der Waals surface area contributed by atoms with Crippen LogP contribution in [0, 0.1) is 0 Å². The van der Waals surface area contributed by atoms with Crippen molar-refractivity contribution in [3.05, 3.63) is 36.4 Å². The fourth-order valence-corrected chi connectivity index (χ4v) is 1.75. The van der Waals surface area contributed by atoms with Crippen LogP contribution in [0.5, 0.6) is 11.5 Å². The number of amides is 1.